The predicted octanol–water partition coefficient (Wildman–Crippen LogP) is 3.30. The van der Waals surface area contributed by atoms with E-state index in [9.17, 15) is 13.6 Å². The van der Waals surface area contributed by atoms with E-state index in [1.165, 1.54) is 0 Å². The largest absolute Gasteiger partial charge is 0.479 e. The minimum Gasteiger partial charge on any atom is -0.479 e. The maximum atomic E-state index is 12.8. The fourth-order valence-corrected chi connectivity index (χ4v) is 2.72. The molecule has 1 unspecified atom stereocenters. The van der Waals surface area contributed by atoms with E-state index >= 15 is 0 Å². The third kappa shape index (κ3) is 5.08. The normalized spacial score (nSPS) is 17.2. The van der Waals surface area contributed by atoms with Gasteiger partial charge >= 0.3 is 0 Å². The number of carbonyl (C=O) groups excluding carboxylic acids is 1. The molecule has 1 heterocycles. The van der Waals surface area contributed by atoms with Crippen LogP contribution in [0.1, 0.15) is 17.5 Å². The van der Waals surface area contributed by atoms with Gasteiger partial charge in [-0.25, -0.2) is 14.9 Å². The Balaban J connectivity index is 0.00000288. The number of amides is 1. The van der Waals surface area contributed by atoms with Crippen LogP contribution in [0.5, 0.6) is 5.75 Å². The second-order valence-electron chi connectivity index (χ2n) is 4.96. The Labute approximate surface area is 172 Å². The van der Waals surface area contributed by atoms with Crippen LogP contribution >= 0.6 is 15.9 Å². The summed E-state index contributed by atoms with van der Waals surface area (Å²) in [6.45, 7) is 1.04. The van der Waals surface area contributed by atoms with E-state index in [-0.39, 0.29) is 39.3 Å². The number of benzene rings is 1. The third-order valence-electron chi connectivity index (χ3n) is 3.33. The van der Waals surface area contributed by atoms with Gasteiger partial charge in [0, 0.05) is 32.7 Å². The van der Waals surface area contributed by atoms with Crippen LogP contribution in [0.4, 0.5) is 8.78 Å². The van der Waals surface area contributed by atoms with Crippen molar-refractivity contribution in [3.05, 3.63) is 35.4 Å². The standard InChI is InChI=1S/C16H14BrF2N2O2.Y/c1-10-8-11(23-7-6-20)2-3-12(10)14-5-4-13(17)16(22)21(14)9-15(18)19;/h2-3,8,13,15H,4,7,9H2,1H3;/q-1;. The first-order valence-electron chi connectivity index (χ1n) is 6.89. The van der Waals surface area contributed by atoms with Crippen LogP contribution in [0.25, 0.3) is 5.70 Å². The van der Waals surface area contributed by atoms with E-state index in [0.29, 0.717) is 23.4 Å². The molecule has 0 spiro atoms. The van der Waals surface area contributed by atoms with Gasteiger partial charge in [0.05, 0.1) is 11.4 Å². The zero-order chi connectivity index (χ0) is 17.0. The molecule has 8 heteroatoms. The topological polar surface area (TPSA) is 53.3 Å². The number of carbonyl (C=O) groups is 1. The zero-order valence-corrected chi connectivity index (χ0v) is 17.4. The van der Waals surface area contributed by atoms with Crippen molar-refractivity contribution in [2.24, 2.45) is 0 Å². The number of hydrogen-bond donors (Lipinski definition) is 0. The molecule has 1 aromatic rings. The number of allylic oxidation sites excluding steroid dienone is 1. The van der Waals surface area contributed by atoms with Gasteiger partial charge in [-0.05, 0) is 12.1 Å². The minimum absolute atomic E-state index is 0. The molecule has 1 atom stereocenters. The molecular formula is C16H14BrF2N2O2Y-. The van der Waals surface area contributed by atoms with Crippen molar-refractivity contribution in [3.63, 3.8) is 0 Å². The van der Waals surface area contributed by atoms with Gasteiger partial charge in [-0.2, -0.15) is 5.26 Å². The minimum atomic E-state index is -2.63. The second-order valence-corrected chi connectivity index (χ2v) is 6.07. The van der Waals surface area contributed by atoms with Gasteiger partial charge in [0.1, 0.15) is 11.8 Å². The summed E-state index contributed by atoms with van der Waals surface area (Å²) in [7, 11) is 0. The molecule has 4 nitrogen and oxygen atoms in total. The van der Waals surface area contributed by atoms with E-state index in [1.54, 1.807) is 25.1 Å². The van der Waals surface area contributed by atoms with E-state index in [4.69, 9.17) is 10.00 Å². The van der Waals surface area contributed by atoms with Crippen LogP contribution in [0, 0.1) is 24.3 Å². The number of hydrogen-bond acceptors (Lipinski definition) is 3. The number of nitriles is 1. The van der Waals surface area contributed by atoms with Crippen LogP contribution in [0.3, 0.4) is 0 Å². The Morgan fingerprint density at radius 2 is 2.25 bits per heavy atom. The van der Waals surface area contributed by atoms with Crippen molar-refractivity contribution in [3.8, 4) is 11.8 Å². The van der Waals surface area contributed by atoms with Crippen molar-refractivity contribution in [2.75, 3.05) is 13.2 Å². The molecule has 1 radical (unpaired) electrons. The van der Waals surface area contributed by atoms with Gasteiger partial charge < -0.3 is 9.64 Å². The van der Waals surface area contributed by atoms with Crippen LogP contribution in [-0.2, 0) is 37.5 Å². The zero-order valence-electron chi connectivity index (χ0n) is 12.9. The van der Waals surface area contributed by atoms with Gasteiger partial charge in [-0.15, -0.1) is 22.9 Å². The number of alkyl halides is 3. The molecule has 24 heavy (non-hydrogen) atoms. The molecule has 0 aromatic heterocycles. The summed E-state index contributed by atoms with van der Waals surface area (Å²) in [5.41, 5.74) is 1.75. The first kappa shape index (κ1) is 21.2. The maximum absolute atomic E-state index is 12.8. The summed E-state index contributed by atoms with van der Waals surface area (Å²) in [4.78, 5) is 12.7. The molecule has 1 aliphatic rings. The van der Waals surface area contributed by atoms with Gasteiger partial charge in [0.2, 0.25) is 5.91 Å². The van der Waals surface area contributed by atoms with Crippen molar-refractivity contribution in [1.82, 2.24) is 4.90 Å². The first-order valence-corrected chi connectivity index (χ1v) is 7.80. The van der Waals surface area contributed by atoms with Crippen molar-refractivity contribution < 1.29 is 51.0 Å². The summed E-state index contributed by atoms with van der Waals surface area (Å²) in [5.74, 6) is 0.109. The number of ether oxygens (including phenoxy) is 1. The Morgan fingerprint density at radius 1 is 1.54 bits per heavy atom. The van der Waals surface area contributed by atoms with Crippen LogP contribution in [0.2, 0.25) is 0 Å². The molecule has 125 valence electrons. The van der Waals surface area contributed by atoms with E-state index in [0.717, 1.165) is 10.5 Å². The van der Waals surface area contributed by atoms with Gasteiger partial charge in [0.15, 0.2) is 6.61 Å². The van der Waals surface area contributed by atoms with Crippen LogP contribution in [0.15, 0.2) is 18.2 Å². The van der Waals surface area contributed by atoms with Gasteiger partial charge in [0.25, 0.3) is 6.43 Å². The molecule has 0 aliphatic carbocycles. The van der Waals surface area contributed by atoms with Crippen molar-refractivity contribution in [2.45, 2.75) is 24.6 Å². The molecule has 0 saturated heterocycles. The third-order valence-corrected chi connectivity index (χ3v) is 4.04. The molecule has 1 aliphatic heterocycles. The molecular weight excluding hydrogens is 459 g/mol. The molecule has 0 N–H and O–H groups in total. The summed E-state index contributed by atoms with van der Waals surface area (Å²) < 4.78 is 30.8. The number of rotatable bonds is 5. The van der Waals surface area contributed by atoms with Crippen LogP contribution in [-0.4, -0.2) is 35.2 Å². The van der Waals surface area contributed by atoms with E-state index in [1.807, 2.05) is 6.07 Å². The number of aryl methyl sites for hydroxylation is 1. The van der Waals surface area contributed by atoms with E-state index in [2.05, 4.69) is 22.0 Å². The fourth-order valence-electron chi connectivity index (χ4n) is 2.32. The average molecular weight is 473 g/mol. The molecule has 0 saturated carbocycles. The maximum Gasteiger partial charge on any atom is 0.256 e. The quantitative estimate of drug-likeness (QED) is 0.488. The summed E-state index contributed by atoms with van der Waals surface area (Å²) in [6.07, 6.45) is 0.710. The number of nitrogens with zero attached hydrogens (tertiary/aromatic N) is 2. The Morgan fingerprint density at radius 3 is 2.83 bits per heavy atom. The van der Waals surface area contributed by atoms with Crippen molar-refractivity contribution >= 4 is 27.5 Å². The molecule has 1 amide bonds. The fraction of sp³-hybridized carbons (Fsp3) is 0.375. The SMILES string of the molecule is Cc1cc(OCC#N)ccc1C1=[C-]CC(Br)C(=O)N1CC(F)F.[Y]. The van der Waals surface area contributed by atoms with Crippen LogP contribution < -0.4 is 4.74 Å². The van der Waals surface area contributed by atoms with Gasteiger partial charge in [-0.3, -0.25) is 4.79 Å². The first-order chi connectivity index (χ1) is 10.9. The molecule has 0 bridgehead atoms. The Kier molecular flexibility index (Phi) is 8.48. The Bertz CT molecular complexity index is 677. The van der Waals surface area contributed by atoms with Gasteiger partial charge in [-0.1, -0.05) is 29.3 Å². The smallest absolute Gasteiger partial charge is 0.256 e. The van der Waals surface area contributed by atoms with Crippen molar-refractivity contribution in [1.29, 1.82) is 5.26 Å². The number of halogens is 3. The monoisotopic (exact) mass is 472 g/mol. The Hall–Kier alpha value is -0.836. The summed E-state index contributed by atoms with van der Waals surface area (Å²) in [6, 6.07) is 6.90. The summed E-state index contributed by atoms with van der Waals surface area (Å²) >= 11 is 3.18. The predicted molar refractivity (Wildman–Crippen MR) is 84.0 cm³/mol. The summed E-state index contributed by atoms with van der Waals surface area (Å²) in [5, 5.41) is 8.52. The second kappa shape index (κ2) is 9.60. The molecule has 1 aromatic carbocycles. The average Bonchev–Trinajstić information content (AvgIpc) is 2.50. The molecule has 2 rings (SSSR count). The molecule has 0 fully saturated rings. The van der Waals surface area contributed by atoms with E-state index < -0.39 is 23.7 Å².